The molecule has 0 aliphatic carbocycles. The fourth-order valence-electron chi connectivity index (χ4n) is 1.73. The summed E-state index contributed by atoms with van der Waals surface area (Å²) in [6.07, 6.45) is -0.615. The minimum Gasteiger partial charge on any atom is -0.493 e. The maximum absolute atomic E-state index is 11.6. The van der Waals surface area contributed by atoms with Gasteiger partial charge < -0.3 is 20.1 Å². The van der Waals surface area contributed by atoms with Crippen molar-refractivity contribution in [1.82, 2.24) is 10.6 Å². The zero-order valence-electron chi connectivity index (χ0n) is 12.2. The molecule has 1 aromatic rings. The number of halogens is 1. The number of benzene rings is 1. The summed E-state index contributed by atoms with van der Waals surface area (Å²) in [6.45, 7) is 5.10. The quantitative estimate of drug-likeness (QED) is 0.808. The first kappa shape index (κ1) is 16.6. The minimum atomic E-state index is -0.615. The normalized spacial score (nSPS) is 11.8. The van der Waals surface area contributed by atoms with Crippen molar-refractivity contribution < 1.29 is 14.3 Å². The predicted molar refractivity (Wildman–Crippen MR) is 79.5 cm³/mol. The van der Waals surface area contributed by atoms with Gasteiger partial charge in [0.05, 0.1) is 7.11 Å². The molecule has 0 saturated heterocycles. The fourth-order valence-corrected chi connectivity index (χ4v) is 1.96. The van der Waals surface area contributed by atoms with Gasteiger partial charge in [-0.15, -0.1) is 0 Å². The van der Waals surface area contributed by atoms with Gasteiger partial charge in [0.1, 0.15) is 0 Å². The number of rotatable bonds is 7. The van der Waals surface area contributed by atoms with Crippen LogP contribution in [0, 0.1) is 0 Å². The smallest absolute Gasteiger partial charge is 0.260 e. The number of likely N-dealkylation sites (N-methyl/N-ethyl adjacent to an activating group) is 1. The van der Waals surface area contributed by atoms with E-state index in [1.165, 1.54) is 0 Å². The Kier molecular flexibility index (Phi) is 6.61. The lowest BCUT2D eigenvalue weighted by Crippen LogP contribution is -2.34. The Balaban J connectivity index is 3.09. The van der Waals surface area contributed by atoms with Crippen LogP contribution < -0.4 is 20.1 Å². The number of methoxy groups -OCH3 is 1. The Hall–Kier alpha value is -1.46. The Bertz CT molecular complexity index is 466. The van der Waals surface area contributed by atoms with Gasteiger partial charge in [0.25, 0.3) is 5.91 Å². The second-order valence-corrected chi connectivity index (χ2v) is 4.69. The Morgan fingerprint density at radius 3 is 2.70 bits per heavy atom. The van der Waals surface area contributed by atoms with Gasteiger partial charge in [0.2, 0.25) is 0 Å². The van der Waals surface area contributed by atoms with Gasteiger partial charge >= 0.3 is 0 Å². The van der Waals surface area contributed by atoms with Gasteiger partial charge in [-0.2, -0.15) is 0 Å². The monoisotopic (exact) mass is 300 g/mol. The predicted octanol–water partition coefficient (Wildman–Crippen LogP) is 1.97. The summed E-state index contributed by atoms with van der Waals surface area (Å²) in [5.74, 6) is 0.853. The first-order valence-corrected chi connectivity index (χ1v) is 6.86. The van der Waals surface area contributed by atoms with Crippen LogP contribution in [0.1, 0.15) is 19.4 Å². The summed E-state index contributed by atoms with van der Waals surface area (Å²) in [6, 6.07) is 3.47. The SMILES string of the molecule is CCNCc1cc(Cl)cc(OC)c1OC(C)C(=O)NC. The van der Waals surface area contributed by atoms with E-state index in [0.717, 1.165) is 12.1 Å². The third-order valence-electron chi connectivity index (χ3n) is 2.79. The largest absolute Gasteiger partial charge is 0.493 e. The lowest BCUT2D eigenvalue weighted by Gasteiger charge is -2.19. The maximum atomic E-state index is 11.6. The molecule has 0 heterocycles. The second-order valence-electron chi connectivity index (χ2n) is 4.25. The van der Waals surface area contributed by atoms with Crippen LogP contribution in [0.25, 0.3) is 0 Å². The standard InChI is InChI=1S/C14H21ClN2O3/c1-5-17-8-10-6-11(15)7-12(19-4)13(10)20-9(2)14(18)16-3/h6-7,9,17H,5,8H2,1-4H3,(H,16,18). The Morgan fingerprint density at radius 2 is 2.15 bits per heavy atom. The molecule has 20 heavy (non-hydrogen) atoms. The fraction of sp³-hybridized carbons (Fsp3) is 0.500. The van der Waals surface area contributed by atoms with Crippen molar-refractivity contribution in [3.05, 3.63) is 22.7 Å². The molecule has 0 aliphatic heterocycles. The molecular formula is C14H21ClN2O3. The van der Waals surface area contributed by atoms with Crippen molar-refractivity contribution in [3.8, 4) is 11.5 Å². The highest BCUT2D eigenvalue weighted by molar-refractivity contribution is 6.30. The van der Waals surface area contributed by atoms with Crippen molar-refractivity contribution in [3.63, 3.8) is 0 Å². The molecule has 0 aliphatic rings. The maximum Gasteiger partial charge on any atom is 0.260 e. The van der Waals surface area contributed by atoms with E-state index >= 15 is 0 Å². The van der Waals surface area contributed by atoms with Crippen molar-refractivity contribution in [1.29, 1.82) is 0 Å². The number of carbonyl (C=O) groups excluding carboxylic acids is 1. The zero-order valence-corrected chi connectivity index (χ0v) is 13.0. The molecule has 0 spiro atoms. The average molecular weight is 301 g/mol. The molecule has 1 unspecified atom stereocenters. The van der Waals surface area contributed by atoms with Gasteiger partial charge in [-0.05, 0) is 19.5 Å². The summed E-state index contributed by atoms with van der Waals surface area (Å²) >= 11 is 6.06. The first-order chi connectivity index (χ1) is 9.53. The number of ether oxygens (including phenoxy) is 2. The molecule has 6 heteroatoms. The highest BCUT2D eigenvalue weighted by Gasteiger charge is 2.19. The summed E-state index contributed by atoms with van der Waals surface area (Å²) in [5.41, 5.74) is 0.854. The van der Waals surface area contributed by atoms with E-state index < -0.39 is 6.10 Å². The van der Waals surface area contributed by atoms with Gasteiger partial charge in [0.15, 0.2) is 17.6 Å². The van der Waals surface area contributed by atoms with Crippen LogP contribution in [0.4, 0.5) is 0 Å². The first-order valence-electron chi connectivity index (χ1n) is 6.48. The van der Waals surface area contributed by atoms with Crippen molar-refractivity contribution >= 4 is 17.5 Å². The van der Waals surface area contributed by atoms with E-state index in [9.17, 15) is 4.79 Å². The van der Waals surface area contributed by atoms with E-state index in [0.29, 0.717) is 23.1 Å². The zero-order chi connectivity index (χ0) is 15.1. The summed E-state index contributed by atoms with van der Waals surface area (Å²) in [7, 11) is 3.11. The highest BCUT2D eigenvalue weighted by atomic mass is 35.5. The van der Waals surface area contributed by atoms with Crippen LogP contribution in [-0.4, -0.2) is 32.7 Å². The average Bonchev–Trinajstić information content (AvgIpc) is 2.45. The summed E-state index contributed by atoms with van der Waals surface area (Å²) in [4.78, 5) is 11.6. The molecule has 1 amide bonds. The number of amides is 1. The van der Waals surface area contributed by atoms with E-state index in [1.807, 2.05) is 6.92 Å². The Morgan fingerprint density at radius 1 is 1.45 bits per heavy atom. The van der Waals surface area contributed by atoms with Crippen LogP contribution in [0.2, 0.25) is 5.02 Å². The molecule has 0 saturated carbocycles. The molecule has 0 bridgehead atoms. The van der Waals surface area contributed by atoms with E-state index in [2.05, 4.69) is 10.6 Å². The Labute approximate surface area is 124 Å². The number of hydrogen-bond acceptors (Lipinski definition) is 4. The second kappa shape index (κ2) is 7.97. The number of hydrogen-bond donors (Lipinski definition) is 2. The molecule has 112 valence electrons. The van der Waals surface area contributed by atoms with E-state index in [-0.39, 0.29) is 5.91 Å². The molecule has 2 N–H and O–H groups in total. The minimum absolute atomic E-state index is 0.198. The molecule has 0 radical (unpaired) electrons. The van der Waals surface area contributed by atoms with Crippen LogP contribution in [0.5, 0.6) is 11.5 Å². The van der Waals surface area contributed by atoms with Gasteiger partial charge in [-0.3, -0.25) is 4.79 Å². The lowest BCUT2D eigenvalue weighted by atomic mass is 10.1. The van der Waals surface area contributed by atoms with E-state index in [4.69, 9.17) is 21.1 Å². The van der Waals surface area contributed by atoms with Crippen LogP contribution in [-0.2, 0) is 11.3 Å². The van der Waals surface area contributed by atoms with Gasteiger partial charge in [-0.1, -0.05) is 18.5 Å². The van der Waals surface area contributed by atoms with Gasteiger partial charge in [0, 0.05) is 30.2 Å². The van der Waals surface area contributed by atoms with Gasteiger partial charge in [-0.25, -0.2) is 0 Å². The van der Waals surface area contributed by atoms with Crippen molar-refractivity contribution in [2.75, 3.05) is 20.7 Å². The molecule has 0 aromatic heterocycles. The van der Waals surface area contributed by atoms with Crippen molar-refractivity contribution in [2.24, 2.45) is 0 Å². The number of nitrogens with one attached hydrogen (secondary N) is 2. The highest BCUT2D eigenvalue weighted by Crippen LogP contribution is 2.35. The van der Waals surface area contributed by atoms with Crippen LogP contribution >= 0.6 is 11.6 Å². The summed E-state index contributed by atoms with van der Waals surface area (Å²) in [5, 5.41) is 6.32. The summed E-state index contributed by atoms with van der Waals surface area (Å²) < 4.78 is 11.0. The van der Waals surface area contributed by atoms with Crippen LogP contribution in [0.15, 0.2) is 12.1 Å². The molecular weight excluding hydrogens is 280 g/mol. The third-order valence-corrected chi connectivity index (χ3v) is 3.01. The molecule has 0 fully saturated rings. The molecule has 5 nitrogen and oxygen atoms in total. The molecule has 1 rings (SSSR count). The molecule has 1 aromatic carbocycles. The lowest BCUT2D eigenvalue weighted by molar-refractivity contribution is -0.126. The third kappa shape index (κ3) is 4.28. The topological polar surface area (TPSA) is 59.6 Å². The van der Waals surface area contributed by atoms with Crippen molar-refractivity contribution in [2.45, 2.75) is 26.5 Å². The number of carbonyl (C=O) groups is 1. The van der Waals surface area contributed by atoms with E-state index in [1.54, 1.807) is 33.2 Å². The molecule has 1 atom stereocenters. The van der Waals surface area contributed by atoms with Crippen LogP contribution in [0.3, 0.4) is 0 Å².